The molecule has 5 heteroatoms. The van der Waals surface area contributed by atoms with E-state index < -0.39 is 5.97 Å². The monoisotopic (exact) mass is 243 g/mol. The predicted octanol–water partition coefficient (Wildman–Crippen LogP) is 1.86. The highest BCUT2D eigenvalue weighted by Crippen LogP contribution is 2.16. The van der Waals surface area contributed by atoms with E-state index in [0.29, 0.717) is 12.2 Å². The number of pyridine rings is 1. The minimum atomic E-state index is -0.844. The van der Waals surface area contributed by atoms with Gasteiger partial charge in [0.05, 0.1) is 12.1 Å². The van der Waals surface area contributed by atoms with E-state index in [-0.39, 0.29) is 6.42 Å². The topological polar surface area (TPSA) is 76.0 Å². The van der Waals surface area contributed by atoms with Crippen LogP contribution >= 0.6 is 0 Å². The number of aryl methyl sites for hydroxylation is 2. The van der Waals surface area contributed by atoms with Crippen molar-refractivity contribution in [3.05, 3.63) is 42.1 Å². The van der Waals surface area contributed by atoms with Gasteiger partial charge in [-0.25, -0.2) is 9.97 Å². The van der Waals surface area contributed by atoms with Crippen molar-refractivity contribution >= 4 is 5.97 Å². The van der Waals surface area contributed by atoms with Crippen LogP contribution in [0.2, 0.25) is 0 Å². The van der Waals surface area contributed by atoms with Crippen LogP contribution in [0.15, 0.2) is 30.6 Å². The quantitative estimate of drug-likeness (QED) is 0.887. The van der Waals surface area contributed by atoms with E-state index in [1.54, 1.807) is 12.4 Å². The van der Waals surface area contributed by atoms with Crippen LogP contribution in [0.5, 0.6) is 0 Å². The average Bonchev–Trinajstić information content (AvgIpc) is 2.37. The molecule has 0 atom stereocenters. The van der Waals surface area contributed by atoms with Gasteiger partial charge in [-0.15, -0.1) is 0 Å². The Hall–Kier alpha value is -2.30. The fourth-order valence-electron chi connectivity index (χ4n) is 1.62. The number of carboxylic acids is 1. The molecule has 0 aliphatic carbocycles. The molecule has 0 radical (unpaired) electrons. The van der Waals surface area contributed by atoms with Crippen LogP contribution in [0.1, 0.15) is 17.9 Å². The molecule has 0 aliphatic rings. The second-order valence-electron chi connectivity index (χ2n) is 3.95. The summed E-state index contributed by atoms with van der Waals surface area (Å²) in [7, 11) is 0. The second kappa shape index (κ2) is 5.35. The van der Waals surface area contributed by atoms with Crippen molar-refractivity contribution in [2.75, 3.05) is 0 Å². The summed E-state index contributed by atoms with van der Waals surface area (Å²) >= 11 is 0. The van der Waals surface area contributed by atoms with Gasteiger partial charge in [0.2, 0.25) is 0 Å². The Kier molecular flexibility index (Phi) is 3.62. The fourth-order valence-corrected chi connectivity index (χ4v) is 1.62. The van der Waals surface area contributed by atoms with Gasteiger partial charge in [-0.1, -0.05) is 0 Å². The van der Waals surface area contributed by atoms with Crippen molar-refractivity contribution in [2.24, 2.45) is 0 Å². The largest absolute Gasteiger partial charge is 0.481 e. The van der Waals surface area contributed by atoms with Gasteiger partial charge in [0.1, 0.15) is 5.82 Å². The van der Waals surface area contributed by atoms with Gasteiger partial charge in [0.25, 0.3) is 0 Å². The molecule has 0 saturated heterocycles. The molecule has 0 bridgehead atoms. The maximum Gasteiger partial charge on any atom is 0.303 e. The number of carboxylic acid groups (broad SMARTS) is 1. The molecule has 18 heavy (non-hydrogen) atoms. The van der Waals surface area contributed by atoms with Crippen molar-refractivity contribution in [2.45, 2.75) is 19.8 Å². The normalized spacial score (nSPS) is 10.3. The highest BCUT2D eigenvalue weighted by atomic mass is 16.4. The number of aromatic nitrogens is 3. The molecule has 92 valence electrons. The third-order valence-corrected chi connectivity index (χ3v) is 2.42. The van der Waals surface area contributed by atoms with Crippen LogP contribution < -0.4 is 0 Å². The van der Waals surface area contributed by atoms with E-state index in [2.05, 4.69) is 15.0 Å². The molecule has 5 nitrogen and oxygen atoms in total. The molecule has 0 saturated carbocycles. The smallest absolute Gasteiger partial charge is 0.303 e. The van der Waals surface area contributed by atoms with Crippen molar-refractivity contribution < 1.29 is 9.90 Å². The summed E-state index contributed by atoms with van der Waals surface area (Å²) in [5.74, 6) is -0.292. The number of rotatable bonds is 4. The Balaban J connectivity index is 2.29. The minimum Gasteiger partial charge on any atom is -0.481 e. The zero-order valence-electron chi connectivity index (χ0n) is 10.00. The van der Waals surface area contributed by atoms with Crippen LogP contribution in [0, 0.1) is 6.92 Å². The van der Waals surface area contributed by atoms with E-state index in [0.717, 1.165) is 17.0 Å². The van der Waals surface area contributed by atoms with E-state index in [9.17, 15) is 4.79 Å². The van der Waals surface area contributed by atoms with Gasteiger partial charge in [0.15, 0.2) is 0 Å². The Labute approximate surface area is 105 Å². The van der Waals surface area contributed by atoms with Crippen molar-refractivity contribution in [3.63, 3.8) is 0 Å². The van der Waals surface area contributed by atoms with Crippen molar-refractivity contribution in [1.29, 1.82) is 0 Å². The zero-order valence-corrected chi connectivity index (χ0v) is 10.00. The molecule has 2 rings (SSSR count). The van der Waals surface area contributed by atoms with E-state index >= 15 is 0 Å². The van der Waals surface area contributed by atoms with Crippen LogP contribution in [0.3, 0.4) is 0 Å². The van der Waals surface area contributed by atoms with Gasteiger partial charge < -0.3 is 5.11 Å². The first-order valence-electron chi connectivity index (χ1n) is 5.62. The predicted molar refractivity (Wildman–Crippen MR) is 66.0 cm³/mol. The molecule has 0 amide bonds. The summed E-state index contributed by atoms with van der Waals surface area (Å²) in [4.78, 5) is 23.2. The lowest BCUT2D eigenvalue weighted by atomic mass is 10.2. The van der Waals surface area contributed by atoms with Gasteiger partial charge >= 0.3 is 5.97 Å². The molecule has 2 aromatic heterocycles. The Morgan fingerprint density at radius 1 is 1.39 bits per heavy atom. The first-order chi connectivity index (χ1) is 8.65. The van der Waals surface area contributed by atoms with Crippen LogP contribution in [-0.4, -0.2) is 26.0 Å². The first kappa shape index (κ1) is 12.2. The van der Waals surface area contributed by atoms with Crippen LogP contribution in [-0.2, 0) is 11.2 Å². The lowest BCUT2D eigenvalue weighted by molar-refractivity contribution is -0.137. The summed E-state index contributed by atoms with van der Waals surface area (Å²) in [5.41, 5.74) is 2.50. The summed E-state index contributed by atoms with van der Waals surface area (Å²) in [6.07, 6.45) is 3.80. The fraction of sp³-hybridized carbons (Fsp3) is 0.231. The maximum atomic E-state index is 10.5. The molecule has 0 aliphatic heterocycles. The SMILES string of the molecule is Cc1cc(-c2cccnc2)nc(CCC(=O)O)n1. The standard InChI is InChI=1S/C13H13N3O2/c1-9-7-11(10-3-2-6-14-8-10)16-12(15-9)4-5-13(17)18/h2-3,6-8H,4-5H2,1H3,(H,17,18). The van der Waals surface area contributed by atoms with E-state index in [4.69, 9.17) is 5.11 Å². The highest BCUT2D eigenvalue weighted by Gasteiger charge is 2.06. The molecule has 0 spiro atoms. The van der Waals surface area contributed by atoms with Gasteiger partial charge in [-0.2, -0.15) is 0 Å². The summed E-state index contributed by atoms with van der Waals surface area (Å²) in [5, 5.41) is 8.66. The Bertz CT molecular complexity index is 555. The molecule has 2 heterocycles. The minimum absolute atomic E-state index is 0.0376. The molecular weight excluding hydrogens is 230 g/mol. The lowest BCUT2D eigenvalue weighted by Crippen LogP contribution is -2.03. The lowest BCUT2D eigenvalue weighted by Gasteiger charge is -2.05. The Morgan fingerprint density at radius 3 is 2.89 bits per heavy atom. The van der Waals surface area contributed by atoms with Crippen LogP contribution in [0.4, 0.5) is 0 Å². The highest BCUT2D eigenvalue weighted by molar-refractivity contribution is 5.67. The van der Waals surface area contributed by atoms with E-state index in [1.807, 2.05) is 25.1 Å². The third kappa shape index (κ3) is 3.10. The molecule has 1 N–H and O–H groups in total. The van der Waals surface area contributed by atoms with Crippen molar-refractivity contribution in [3.8, 4) is 11.3 Å². The number of aliphatic carboxylic acids is 1. The zero-order chi connectivity index (χ0) is 13.0. The maximum absolute atomic E-state index is 10.5. The van der Waals surface area contributed by atoms with Gasteiger partial charge in [0, 0.05) is 30.1 Å². The molecule has 0 unspecified atom stereocenters. The molecular formula is C13H13N3O2. The third-order valence-electron chi connectivity index (χ3n) is 2.42. The second-order valence-corrected chi connectivity index (χ2v) is 3.95. The average molecular weight is 243 g/mol. The summed E-state index contributed by atoms with van der Waals surface area (Å²) < 4.78 is 0. The van der Waals surface area contributed by atoms with Crippen LogP contribution in [0.25, 0.3) is 11.3 Å². The molecule has 0 fully saturated rings. The summed E-state index contributed by atoms with van der Waals surface area (Å²) in [6, 6.07) is 5.61. The number of hydrogen-bond donors (Lipinski definition) is 1. The number of hydrogen-bond acceptors (Lipinski definition) is 4. The van der Waals surface area contributed by atoms with E-state index in [1.165, 1.54) is 0 Å². The summed E-state index contributed by atoms with van der Waals surface area (Å²) in [6.45, 7) is 1.87. The van der Waals surface area contributed by atoms with Gasteiger partial charge in [-0.05, 0) is 25.1 Å². The van der Waals surface area contributed by atoms with Gasteiger partial charge in [-0.3, -0.25) is 9.78 Å². The number of carbonyl (C=O) groups is 1. The molecule has 2 aromatic rings. The first-order valence-corrected chi connectivity index (χ1v) is 5.62. The van der Waals surface area contributed by atoms with Crippen molar-refractivity contribution in [1.82, 2.24) is 15.0 Å². The number of nitrogens with zero attached hydrogens (tertiary/aromatic N) is 3. The molecule has 0 aromatic carbocycles. The Morgan fingerprint density at radius 2 is 2.22 bits per heavy atom.